The second kappa shape index (κ2) is 15.3. The van der Waals surface area contributed by atoms with E-state index in [0.717, 1.165) is 30.5 Å². The van der Waals surface area contributed by atoms with Crippen LogP contribution in [0.15, 0.2) is 29.3 Å². The monoisotopic (exact) mass is 454 g/mol. The van der Waals surface area contributed by atoms with Crippen LogP contribution in [0.25, 0.3) is 0 Å². The minimum Gasteiger partial charge on any atom is -0.393 e. The molecule has 2 fully saturated rings. The summed E-state index contributed by atoms with van der Waals surface area (Å²) in [5.74, 6) is 0.239. The normalized spacial score (nSPS) is 16.8. The molecule has 0 spiro atoms. The molecule has 0 saturated carbocycles. The van der Waals surface area contributed by atoms with Crippen molar-refractivity contribution in [2.24, 2.45) is 10.7 Å². The molecule has 2 heterocycles. The lowest BCUT2D eigenvalue weighted by Crippen LogP contribution is -2.46. The van der Waals surface area contributed by atoms with Crippen LogP contribution in [0.5, 0.6) is 0 Å². The number of hydrogen-bond donors (Lipinski definition) is 3. The van der Waals surface area contributed by atoms with Crippen molar-refractivity contribution in [2.75, 3.05) is 26.2 Å². The van der Waals surface area contributed by atoms with Crippen molar-refractivity contribution in [1.29, 1.82) is 5.26 Å². The third-order valence-electron chi connectivity index (χ3n) is 5.25. The minimum absolute atomic E-state index is 0.0251. The average molecular weight is 455 g/mol. The fourth-order valence-corrected chi connectivity index (χ4v) is 3.51. The lowest BCUT2D eigenvalue weighted by atomic mass is 10.1. The Balaban J connectivity index is 0.000000322. The maximum absolute atomic E-state index is 12.1. The number of amides is 2. The first kappa shape index (κ1) is 27.5. The van der Waals surface area contributed by atoms with E-state index >= 15 is 0 Å². The van der Waals surface area contributed by atoms with Gasteiger partial charge in [-0.2, -0.15) is 5.26 Å². The van der Waals surface area contributed by atoms with Crippen molar-refractivity contribution in [3.63, 3.8) is 0 Å². The molecule has 2 saturated heterocycles. The minimum atomic E-state index is -0.270. The number of benzene rings is 1. The molecule has 2 aliphatic heterocycles. The Bertz CT molecular complexity index is 853. The largest absolute Gasteiger partial charge is 0.393 e. The van der Waals surface area contributed by atoms with Crippen molar-refractivity contribution in [3.05, 3.63) is 29.8 Å². The highest BCUT2D eigenvalue weighted by atomic mass is 16.3. The van der Waals surface area contributed by atoms with Gasteiger partial charge in [0.1, 0.15) is 0 Å². The van der Waals surface area contributed by atoms with Crippen LogP contribution in [0.2, 0.25) is 0 Å². The summed E-state index contributed by atoms with van der Waals surface area (Å²) >= 11 is 0. The Morgan fingerprint density at radius 1 is 1.27 bits per heavy atom. The smallest absolute Gasteiger partial charge is 0.242 e. The van der Waals surface area contributed by atoms with Gasteiger partial charge in [-0.1, -0.05) is 18.6 Å². The quantitative estimate of drug-likeness (QED) is 0.209. The van der Waals surface area contributed by atoms with E-state index < -0.39 is 0 Å². The van der Waals surface area contributed by atoms with Gasteiger partial charge in [-0.25, -0.2) is 4.99 Å². The van der Waals surface area contributed by atoms with Gasteiger partial charge >= 0.3 is 0 Å². The SMILES string of the molecule is C#C.Cc1cccc(N=C(N)NC#N)c1.O=C(CN1CCCCCC1=O)N1CCC(O)CC1. The van der Waals surface area contributed by atoms with Gasteiger partial charge in [-0.15, -0.1) is 12.8 Å². The van der Waals surface area contributed by atoms with E-state index in [2.05, 4.69) is 23.2 Å². The van der Waals surface area contributed by atoms with E-state index in [-0.39, 0.29) is 30.4 Å². The topological polar surface area (TPSA) is 135 Å². The highest BCUT2D eigenvalue weighted by Crippen LogP contribution is 2.14. The number of aliphatic hydroxyl groups is 1. The van der Waals surface area contributed by atoms with Crippen LogP contribution in [0.4, 0.5) is 5.69 Å². The zero-order chi connectivity index (χ0) is 24.6. The summed E-state index contributed by atoms with van der Waals surface area (Å²) in [6, 6.07) is 7.55. The van der Waals surface area contributed by atoms with Gasteiger partial charge in [0.15, 0.2) is 6.19 Å². The number of aliphatic imine (C=N–C) groups is 1. The molecule has 3 rings (SSSR count). The van der Waals surface area contributed by atoms with Crippen LogP contribution >= 0.6 is 0 Å². The zero-order valence-corrected chi connectivity index (χ0v) is 19.2. The fraction of sp³-hybridized carbons (Fsp3) is 0.500. The first-order valence-electron chi connectivity index (χ1n) is 11.0. The number of nitrogens with one attached hydrogen (secondary N) is 1. The summed E-state index contributed by atoms with van der Waals surface area (Å²) in [5, 5.41) is 19.9. The van der Waals surface area contributed by atoms with Crippen LogP contribution in [-0.4, -0.2) is 65.0 Å². The van der Waals surface area contributed by atoms with E-state index in [1.54, 1.807) is 16.0 Å². The molecular formula is C24H34N6O3. The number of guanidine groups is 1. The summed E-state index contributed by atoms with van der Waals surface area (Å²) < 4.78 is 0. The molecule has 1 aromatic carbocycles. The van der Waals surface area contributed by atoms with Crippen molar-refractivity contribution < 1.29 is 14.7 Å². The number of rotatable bonds is 3. The standard InChI is InChI=1S/C13H22N2O3.C9H10N4.C2H2/c16-11-5-8-14(9-6-11)13(18)10-15-7-3-1-2-4-12(15)17;1-7-3-2-4-8(5-7)13-9(11)12-6-10;1-2/h11,16H,1-10H2;2-5H,1H3,(H3,11,12,13);1-2H. The lowest BCUT2D eigenvalue weighted by Gasteiger charge is -2.31. The van der Waals surface area contributed by atoms with Crippen molar-refractivity contribution >= 4 is 23.5 Å². The first-order chi connectivity index (χ1) is 15.9. The fourth-order valence-electron chi connectivity index (χ4n) is 3.51. The number of nitrogens with two attached hydrogens (primary N) is 1. The maximum Gasteiger partial charge on any atom is 0.242 e. The molecule has 9 nitrogen and oxygen atoms in total. The number of hydrogen-bond acceptors (Lipinski definition) is 5. The van der Waals surface area contributed by atoms with Crippen LogP contribution < -0.4 is 11.1 Å². The number of carbonyl (C=O) groups is 2. The zero-order valence-electron chi connectivity index (χ0n) is 19.2. The van der Waals surface area contributed by atoms with Crippen molar-refractivity contribution in [2.45, 2.75) is 51.6 Å². The Hall–Kier alpha value is -3.56. The summed E-state index contributed by atoms with van der Waals surface area (Å²) in [6.07, 6.45) is 14.3. The number of piperidine rings is 1. The molecule has 9 heteroatoms. The number of nitriles is 1. The Morgan fingerprint density at radius 3 is 2.61 bits per heavy atom. The predicted octanol–water partition coefficient (Wildman–Crippen LogP) is 1.63. The molecule has 0 radical (unpaired) electrons. The molecule has 0 unspecified atom stereocenters. The number of carbonyl (C=O) groups excluding carboxylic acids is 2. The van der Waals surface area contributed by atoms with Crippen molar-refractivity contribution in [3.8, 4) is 19.0 Å². The molecule has 2 amide bonds. The molecule has 0 aromatic heterocycles. The third-order valence-corrected chi connectivity index (χ3v) is 5.25. The number of aliphatic hydroxyl groups excluding tert-OH is 1. The Labute approximate surface area is 196 Å². The summed E-state index contributed by atoms with van der Waals surface area (Å²) in [5.41, 5.74) is 7.22. The first-order valence-corrected chi connectivity index (χ1v) is 11.0. The summed E-state index contributed by atoms with van der Waals surface area (Å²) in [4.78, 5) is 31.3. The Morgan fingerprint density at radius 2 is 1.97 bits per heavy atom. The van der Waals surface area contributed by atoms with Crippen LogP contribution in [-0.2, 0) is 9.59 Å². The predicted molar refractivity (Wildman–Crippen MR) is 128 cm³/mol. The highest BCUT2D eigenvalue weighted by molar-refractivity contribution is 5.85. The molecule has 0 atom stereocenters. The van der Waals surface area contributed by atoms with E-state index in [1.807, 2.05) is 31.2 Å². The molecule has 0 aliphatic carbocycles. The van der Waals surface area contributed by atoms with E-state index in [4.69, 9.17) is 11.0 Å². The van der Waals surface area contributed by atoms with Gasteiger partial charge < -0.3 is 20.6 Å². The lowest BCUT2D eigenvalue weighted by molar-refractivity contribution is -0.141. The molecule has 1 aromatic rings. The molecule has 33 heavy (non-hydrogen) atoms. The number of terminal acetylenes is 1. The average Bonchev–Trinajstić information content (AvgIpc) is 3.00. The van der Waals surface area contributed by atoms with Crippen LogP contribution in [0, 0.1) is 31.2 Å². The van der Waals surface area contributed by atoms with Gasteiger partial charge in [0.2, 0.25) is 17.8 Å². The van der Waals surface area contributed by atoms with Crippen LogP contribution in [0.1, 0.15) is 44.1 Å². The Kier molecular flexibility index (Phi) is 12.7. The van der Waals surface area contributed by atoms with Crippen molar-refractivity contribution in [1.82, 2.24) is 15.1 Å². The molecular weight excluding hydrogens is 420 g/mol. The van der Waals surface area contributed by atoms with Gasteiger partial charge in [0, 0.05) is 26.1 Å². The molecule has 178 valence electrons. The number of nitrogens with zero attached hydrogens (tertiary/aromatic N) is 4. The second-order valence-electron chi connectivity index (χ2n) is 7.81. The summed E-state index contributed by atoms with van der Waals surface area (Å²) in [6.45, 7) is 4.12. The van der Waals surface area contributed by atoms with Gasteiger partial charge in [0.05, 0.1) is 18.3 Å². The van der Waals surface area contributed by atoms with Gasteiger partial charge in [-0.05, 0) is 50.3 Å². The molecule has 0 bridgehead atoms. The van der Waals surface area contributed by atoms with Gasteiger partial charge in [0.25, 0.3) is 0 Å². The highest BCUT2D eigenvalue weighted by Gasteiger charge is 2.25. The van der Waals surface area contributed by atoms with Crippen LogP contribution in [0.3, 0.4) is 0 Å². The number of likely N-dealkylation sites (tertiary alicyclic amines) is 2. The van der Waals surface area contributed by atoms with E-state index in [0.29, 0.717) is 38.9 Å². The number of aryl methyl sites for hydroxylation is 1. The second-order valence-corrected chi connectivity index (χ2v) is 7.81. The van der Waals surface area contributed by atoms with Gasteiger partial charge in [-0.3, -0.25) is 14.9 Å². The van der Waals surface area contributed by atoms with E-state index in [9.17, 15) is 14.7 Å². The van der Waals surface area contributed by atoms with E-state index in [1.165, 1.54) is 0 Å². The molecule has 2 aliphatic rings. The summed E-state index contributed by atoms with van der Waals surface area (Å²) in [7, 11) is 0. The maximum atomic E-state index is 12.1. The molecule has 4 N–H and O–H groups in total. The third kappa shape index (κ3) is 10.5.